The summed E-state index contributed by atoms with van der Waals surface area (Å²) in [4.78, 5) is 12.3. The molecule has 18 heavy (non-hydrogen) atoms. The summed E-state index contributed by atoms with van der Waals surface area (Å²) in [5.41, 5.74) is 0. The molecule has 100 valence electrons. The van der Waals surface area contributed by atoms with Crippen molar-refractivity contribution in [3.8, 4) is 0 Å². The van der Waals surface area contributed by atoms with E-state index in [9.17, 15) is 13.2 Å². The molecular weight excluding hydrogens is 272 g/mol. The molecule has 0 bridgehead atoms. The topological polar surface area (TPSA) is 66.5 Å². The van der Waals surface area contributed by atoms with Gasteiger partial charge in [0.15, 0.2) is 0 Å². The van der Waals surface area contributed by atoms with E-state index < -0.39 is 10.0 Å². The molecule has 0 radical (unpaired) electrons. The highest BCUT2D eigenvalue weighted by molar-refractivity contribution is 7.88. The molecule has 1 aliphatic rings. The summed E-state index contributed by atoms with van der Waals surface area (Å²) in [6.45, 7) is 0.695. The summed E-state index contributed by atoms with van der Waals surface area (Å²) in [5.74, 6) is -0.144. The van der Waals surface area contributed by atoms with E-state index in [1.165, 1.54) is 21.9 Å². The minimum atomic E-state index is -3.17. The van der Waals surface area contributed by atoms with Gasteiger partial charge in [0.25, 0.3) is 5.91 Å². The Balaban J connectivity index is 1.82. The van der Waals surface area contributed by atoms with Gasteiger partial charge in [-0.3, -0.25) is 4.79 Å². The molecule has 1 fully saturated rings. The monoisotopic (exact) mass is 288 g/mol. The fourth-order valence-electron chi connectivity index (χ4n) is 1.76. The molecule has 1 amide bonds. The standard InChI is InChI=1S/C11H16N2O3S2/c1-18(15,16)13(9-4-5-9)7-6-12-11(14)10-3-2-8-17-10/h2-3,8-9H,4-7H2,1H3,(H,12,14). The number of carbonyl (C=O) groups excluding carboxylic acids is 1. The Bertz CT molecular complexity index is 506. The van der Waals surface area contributed by atoms with Crippen LogP contribution in [-0.4, -0.2) is 44.0 Å². The third kappa shape index (κ3) is 3.54. The number of hydrogen-bond acceptors (Lipinski definition) is 4. The minimum Gasteiger partial charge on any atom is -0.350 e. The average Bonchev–Trinajstić information content (AvgIpc) is 2.94. The fourth-order valence-corrected chi connectivity index (χ4v) is 3.57. The number of rotatable bonds is 6. The first-order chi connectivity index (χ1) is 8.48. The maximum Gasteiger partial charge on any atom is 0.261 e. The van der Waals surface area contributed by atoms with Crippen molar-refractivity contribution in [2.24, 2.45) is 0 Å². The normalized spacial score (nSPS) is 15.9. The van der Waals surface area contributed by atoms with Crippen LogP contribution in [0.2, 0.25) is 0 Å². The van der Waals surface area contributed by atoms with Gasteiger partial charge in [-0.1, -0.05) is 6.07 Å². The predicted molar refractivity (Wildman–Crippen MR) is 71.2 cm³/mol. The van der Waals surface area contributed by atoms with Crippen molar-refractivity contribution in [2.45, 2.75) is 18.9 Å². The van der Waals surface area contributed by atoms with Gasteiger partial charge in [-0.2, -0.15) is 4.31 Å². The molecule has 1 saturated carbocycles. The van der Waals surface area contributed by atoms with Crippen LogP contribution in [0.4, 0.5) is 0 Å². The number of amides is 1. The maximum atomic E-state index is 11.7. The number of sulfonamides is 1. The van der Waals surface area contributed by atoms with Crippen LogP contribution >= 0.6 is 11.3 Å². The van der Waals surface area contributed by atoms with E-state index in [0.717, 1.165) is 12.8 Å². The van der Waals surface area contributed by atoms with Crippen LogP contribution in [-0.2, 0) is 10.0 Å². The van der Waals surface area contributed by atoms with Crippen LogP contribution in [0.1, 0.15) is 22.5 Å². The Morgan fingerprint density at radius 1 is 1.56 bits per heavy atom. The van der Waals surface area contributed by atoms with Crippen molar-refractivity contribution in [2.75, 3.05) is 19.3 Å². The minimum absolute atomic E-state index is 0.138. The lowest BCUT2D eigenvalue weighted by atomic mass is 10.4. The number of hydrogen-bond donors (Lipinski definition) is 1. The molecular formula is C11H16N2O3S2. The molecule has 0 spiro atoms. The second-order valence-electron chi connectivity index (χ2n) is 4.34. The molecule has 1 aromatic rings. The van der Waals surface area contributed by atoms with Crippen molar-refractivity contribution in [3.63, 3.8) is 0 Å². The van der Waals surface area contributed by atoms with E-state index in [1.54, 1.807) is 6.07 Å². The first kappa shape index (κ1) is 13.5. The van der Waals surface area contributed by atoms with Gasteiger partial charge in [-0.15, -0.1) is 11.3 Å². The third-order valence-electron chi connectivity index (χ3n) is 2.74. The van der Waals surface area contributed by atoms with Gasteiger partial charge in [0, 0.05) is 19.1 Å². The summed E-state index contributed by atoms with van der Waals surface area (Å²) in [6.07, 6.45) is 3.06. The van der Waals surface area contributed by atoms with Gasteiger partial charge in [-0.05, 0) is 24.3 Å². The Labute approximate surface area is 111 Å². The average molecular weight is 288 g/mol. The summed E-state index contributed by atoms with van der Waals surface area (Å²) in [7, 11) is -3.17. The zero-order chi connectivity index (χ0) is 13.2. The quantitative estimate of drug-likeness (QED) is 0.846. The second-order valence-corrected chi connectivity index (χ2v) is 7.22. The second kappa shape index (κ2) is 5.38. The Hall–Kier alpha value is -0.920. The van der Waals surface area contributed by atoms with Crippen molar-refractivity contribution < 1.29 is 13.2 Å². The lowest BCUT2D eigenvalue weighted by Gasteiger charge is -2.19. The SMILES string of the molecule is CS(=O)(=O)N(CCNC(=O)c1cccs1)C1CC1. The number of nitrogens with zero attached hydrogens (tertiary/aromatic N) is 1. The van der Waals surface area contributed by atoms with Gasteiger partial charge in [0.1, 0.15) is 0 Å². The first-order valence-corrected chi connectivity index (χ1v) is 8.50. The number of nitrogens with one attached hydrogen (secondary N) is 1. The molecule has 1 aromatic heterocycles. The molecule has 1 heterocycles. The van der Waals surface area contributed by atoms with Gasteiger partial charge < -0.3 is 5.32 Å². The van der Waals surface area contributed by atoms with Crippen LogP contribution in [0.15, 0.2) is 17.5 Å². The first-order valence-electron chi connectivity index (χ1n) is 5.77. The van der Waals surface area contributed by atoms with Crippen molar-refractivity contribution >= 4 is 27.3 Å². The lowest BCUT2D eigenvalue weighted by Crippen LogP contribution is -2.39. The number of carbonyl (C=O) groups is 1. The van der Waals surface area contributed by atoms with E-state index >= 15 is 0 Å². The third-order valence-corrected chi connectivity index (χ3v) is 4.94. The van der Waals surface area contributed by atoms with Gasteiger partial charge >= 0.3 is 0 Å². The van der Waals surface area contributed by atoms with Crippen LogP contribution in [0.5, 0.6) is 0 Å². The lowest BCUT2D eigenvalue weighted by molar-refractivity contribution is 0.0955. The summed E-state index contributed by atoms with van der Waals surface area (Å²) >= 11 is 1.37. The van der Waals surface area contributed by atoms with Gasteiger partial charge in [-0.25, -0.2) is 8.42 Å². The summed E-state index contributed by atoms with van der Waals surface area (Å²) in [6, 6.07) is 3.69. The van der Waals surface area contributed by atoms with Crippen LogP contribution in [0.3, 0.4) is 0 Å². The Morgan fingerprint density at radius 3 is 2.78 bits per heavy atom. The molecule has 5 nitrogen and oxygen atoms in total. The summed E-state index contributed by atoms with van der Waals surface area (Å²) in [5, 5.41) is 4.57. The highest BCUT2D eigenvalue weighted by atomic mass is 32.2. The highest BCUT2D eigenvalue weighted by Crippen LogP contribution is 2.28. The molecule has 7 heteroatoms. The van der Waals surface area contributed by atoms with Crippen molar-refractivity contribution in [1.82, 2.24) is 9.62 Å². The van der Waals surface area contributed by atoms with Gasteiger partial charge in [0.05, 0.1) is 11.1 Å². The van der Waals surface area contributed by atoms with E-state index in [4.69, 9.17) is 0 Å². The molecule has 0 aliphatic heterocycles. The van der Waals surface area contributed by atoms with E-state index in [-0.39, 0.29) is 11.9 Å². The van der Waals surface area contributed by atoms with Crippen molar-refractivity contribution in [3.05, 3.63) is 22.4 Å². The molecule has 0 saturated heterocycles. The fraction of sp³-hybridized carbons (Fsp3) is 0.545. The van der Waals surface area contributed by atoms with E-state index in [2.05, 4.69) is 5.32 Å². The maximum absolute atomic E-state index is 11.7. The molecule has 1 aliphatic carbocycles. The summed E-state index contributed by atoms with van der Waals surface area (Å²) < 4.78 is 24.5. The van der Waals surface area contributed by atoms with Crippen LogP contribution in [0.25, 0.3) is 0 Å². The molecule has 1 N–H and O–H groups in total. The Morgan fingerprint density at radius 2 is 2.28 bits per heavy atom. The molecule has 2 rings (SSSR count). The zero-order valence-electron chi connectivity index (χ0n) is 10.1. The highest BCUT2D eigenvalue weighted by Gasteiger charge is 2.34. The number of thiophene rings is 1. The van der Waals surface area contributed by atoms with Crippen LogP contribution in [0, 0.1) is 0 Å². The largest absolute Gasteiger partial charge is 0.350 e. The predicted octanol–water partition coefficient (Wildman–Crippen LogP) is 0.902. The van der Waals surface area contributed by atoms with E-state index in [1.807, 2.05) is 11.4 Å². The smallest absolute Gasteiger partial charge is 0.261 e. The van der Waals surface area contributed by atoms with E-state index in [0.29, 0.717) is 18.0 Å². The van der Waals surface area contributed by atoms with Crippen molar-refractivity contribution in [1.29, 1.82) is 0 Å². The van der Waals surface area contributed by atoms with Crippen LogP contribution < -0.4 is 5.32 Å². The molecule has 0 aromatic carbocycles. The molecule has 0 unspecified atom stereocenters. The molecule has 0 atom stereocenters. The Kier molecular flexibility index (Phi) is 4.04. The zero-order valence-corrected chi connectivity index (χ0v) is 11.8. The van der Waals surface area contributed by atoms with Gasteiger partial charge in [0.2, 0.25) is 10.0 Å².